The molecule has 2 fully saturated rings. The van der Waals surface area contributed by atoms with Gasteiger partial charge in [0.15, 0.2) is 5.78 Å². The Hall–Kier alpha value is -2.15. The van der Waals surface area contributed by atoms with E-state index in [0.29, 0.717) is 18.6 Å². The van der Waals surface area contributed by atoms with Crippen LogP contribution in [0.15, 0.2) is 6.07 Å². The number of nitrogens with zero attached hydrogens (tertiary/aromatic N) is 2. The summed E-state index contributed by atoms with van der Waals surface area (Å²) in [6, 6.07) is 1.41. The van der Waals surface area contributed by atoms with Crippen LogP contribution >= 0.6 is 0 Å². The van der Waals surface area contributed by atoms with Crippen molar-refractivity contribution in [3.8, 4) is 0 Å². The van der Waals surface area contributed by atoms with E-state index in [1.807, 2.05) is 26.8 Å². The monoisotopic (exact) mass is 389 g/mol. The van der Waals surface area contributed by atoms with E-state index in [2.05, 4.69) is 9.88 Å². The van der Waals surface area contributed by atoms with E-state index in [1.54, 1.807) is 7.11 Å². The summed E-state index contributed by atoms with van der Waals surface area (Å²) in [7, 11) is 1.67. The largest absolute Gasteiger partial charge is 0.385 e. The van der Waals surface area contributed by atoms with E-state index in [-0.39, 0.29) is 24.2 Å². The van der Waals surface area contributed by atoms with Crippen LogP contribution in [0, 0.1) is 19.8 Å². The van der Waals surface area contributed by atoms with Gasteiger partial charge in [0.05, 0.1) is 6.54 Å². The number of hydrogen-bond acceptors (Lipinski definition) is 4. The molecule has 3 amide bonds. The molecular weight excluding hydrogens is 358 g/mol. The Kier molecular flexibility index (Phi) is 5.93. The van der Waals surface area contributed by atoms with Gasteiger partial charge in [-0.2, -0.15) is 0 Å². The van der Waals surface area contributed by atoms with Crippen molar-refractivity contribution >= 4 is 17.7 Å². The zero-order valence-corrected chi connectivity index (χ0v) is 17.3. The van der Waals surface area contributed by atoms with Crippen LogP contribution in [0.25, 0.3) is 0 Å². The molecule has 2 aliphatic rings. The normalized spacial score (nSPS) is 24.9. The van der Waals surface area contributed by atoms with Crippen molar-refractivity contribution in [3.05, 3.63) is 23.0 Å². The number of Topliss-reactive ketones (excluding diaryl/α,β-unsaturated/α-hetero) is 1. The van der Waals surface area contributed by atoms with Gasteiger partial charge in [-0.3, -0.25) is 14.5 Å². The van der Waals surface area contributed by atoms with Gasteiger partial charge < -0.3 is 14.6 Å². The third-order valence-electron chi connectivity index (χ3n) is 6.41. The summed E-state index contributed by atoms with van der Waals surface area (Å²) < 4.78 is 7.19. The number of ketones is 1. The number of ether oxygens (including phenoxy) is 1. The van der Waals surface area contributed by atoms with E-state index >= 15 is 0 Å². The predicted octanol–water partition coefficient (Wildman–Crippen LogP) is 2.82. The van der Waals surface area contributed by atoms with Crippen molar-refractivity contribution in [2.75, 3.05) is 20.3 Å². The molecule has 7 nitrogen and oxygen atoms in total. The number of carbonyl (C=O) groups excluding carboxylic acids is 3. The highest BCUT2D eigenvalue weighted by Crippen LogP contribution is 2.38. The number of imide groups is 1. The van der Waals surface area contributed by atoms with E-state index in [1.165, 1.54) is 0 Å². The number of hydrogen-bond donors (Lipinski definition) is 1. The Morgan fingerprint density at radius 1 is 1.32 bits per heavy atom. The number of urea groups is 1. The minimum absolute atomic E-state index is 0.0867. The Balaban J connectivity index is 1.75. The van der Waals surface area contributed by atoms with Crippen molar-refractivity contribution in [1.82, 2.24) is 14.8 Å². The first-order valence-corrected chi connectivity index (χ1v) is 10.1. The number of nitrogens with one attached hydrogen (secondary N) is 1. The third-order valence-corrected chi connectivity index (χ3v) is 6.41. The molecule has 3 rings (SSSR count). The van der Waals surface area contributed by atoms with E-state index in [9.17, 15) is 14.4 Å². The van der Waals surface area contributed by atoms with Gasteiger partial charge in [-0.15, -0.1) is 0 Å². The minimum atomic E-state index is -0.827. The number of carbonyl (C=O) groups is 3. The molecule has 1 aliphatic heterocycles. The lowest BCUT2D eigenvalue weighted by atomic mass is 9.73. The van der Waals surface area contributed by atoms with Crippen LogP contribution in [0.5, 0.6) is 0 Å². The quantitative estimate of drug-likeness (QED) is 0.442. The summed E-state index contributed by atoms with van der Waals surface area (Å²) in [5.41, 5.74) is 1.61. The topological polar surface area (TPSA) is 80.6 Å². The van der Waals surface area contributed by atoms with Crippen molar-refractivity contribution in [2.24, 2.45) is 5.92 Å². The van der Waals surface area contributed by atoms with Crippen molar-refractivity contribution in [1.29, 1.82) is 0 Å². The second kappa shape index (κ2) is 8.07. The molecule has 1 aromatic rings. The van der Waals surface area contributed by atoms with Gasteiger partial charge in [0.2, 0.25) is 0 Å². The molecule has 1 aromatic heterocycles. The Bertz CT molecular complexity index is 785. The molecule has 154 valence electrons. The van der Waals surface area contributed by atoms with Crippen LogP contribution in [-0.4, -0.2) is 53.0 Å². The Morgan fingerprint density at radius 3 is 2.75 bits per heavy atom. The fraction of sp³-hybridized carbons (Fsp3) is 0.667. The van der Waals surface area contributed by atoms with Crippen LogP contribution in [0.3, 0.4) is 0 Å². The van der Waals surface area contributed by atoms with Crippen molar-refractivity contribution < 1.29 is 19.1 Å². The van der Waals surface area contributed by atoms with Gasteiger partial charge >= 0.3 is 6.03 Å². The molecule has 2 atom stereocenters. The molecule has 1 aliphatic carbocycles. The van der Waals surface area contributed by atoms with Crippen molar-refractivity contribution in [2.45, 2.75) is 65.0 Å². The molecule has 28 heavy (non-hydrogen) atoms. The Morgan fingerprint density at radius 2 is 2.07 bits per heavy atom. The van der Waals surface area contributed by atoms with Gasteiger partial charge in [-0.25, -0.2) is 4.79 Å². The van der Waals surface area contributed by atoms with Crippen LogP contribution in [0.1, 0.15) is 60.8 Å². The maximum absolute atomic E-state index is 13.1. The lowest BCUT2D eigenvalue weighted by Crippen LogP contribution is -2.54. The number of aromatic nitrogens is 1. The van der Waals surface area contributed by atoms with E-state index in [4.69, 9.17) is 4.74 Å². The highest BCUT2D eigenvalue weighted by molar-refractivity contribution is 6.11. The van der Waals surface area contributed by atoms with E-state index < -0.39 is 11.6 Å². The Labute approximate surface area is 166 Å². The third kappa shape index (κ3) is 3.48. The zero-order chi connectivity index (χ0) is 20.5. The lowest BCUT2D eigenvalue weighted by Gasteiger charge is -2.36. The fourth-order valence-electron chi connectivity index (χ4n) is 4.66. The highest BCUT2D eigenvalue weighted by atomic mass is 16.5. The second-order valence-electron chi connectivity index (χ2n) is 8.15. The first-order chi connectivity index (χ1) is 13.3. The molecule has 7 heteroatoms. The zero-order valence-electron chi connectivity index (χ0n) is 17.3. The molecule has 0 bridgehead atoms. The molecule has 1 N–H and O–H groups in total. The fourth-order valence-corrected chi connectivity index (χ4v) is 4.66. The molecule has 0 unspecified atom stereocenters. The van der Waals surface area contributed by atoms with E-state index in [0.717, 1.165) is 48.5 Å². The predicted molar refractivity (Wildman–Crippen MR) is 105 cm³/mol. The molecule has 2 heterocycles. The van der Waals surface area contributed by atoms with Crippen LogP contribution in [-0.2, 0) is 16.1 Å². The first kappa shape index (κ1) is 20.6. The SMILES string of the molecule is COCCCn1c(C)cc(C(=O)CN2C(=O)N[C@]3(CCCC[C@H]3C)C2=O)c1C. The molecule has 1 saturated heterocycles. The van der Waals surface area contributed by atoms with Gasteiger partial charge in [0.1, 0.15) is 5.54 Å². The van der Waals surface area contributed by atoms with Crippen LogP contribution in [0.4, 0.5) is 4.79 Å². The summed E-state index contributed by atoms with van der Waals surface area (Å²) in [5.74, 6) is -0.356. The summed E-state index contributed by atoms with van der Waals surface area (Å²) in [6.07, 6.45) is 4.41. The molecule has 0 radical (unpaired) electrons. The molecular formula is C21H31N3O4. The van der Waals surface area contributed by atoms with Crippen LogP contribution in [0.2, 0.25) is 0 Å². The minimum Gasteiger partial charge on any atom is -0.385 e. The standard InChI is InChI=1S/C21H31N3O4/c1-14-8-5-6-9-21(14)19(26)24(20(27)22-21)13-18(25)17-12-15(2)23(16(17)3)10-7-11-28-4/h12,14H,5-11,13H2,1-4H3,(H,22,27)/t14-,21+/m1/s1. The summed E-state index contributed by atoms with van der Waals surface area (Å²) in [5, 5.41) is 2.91. The summed E-state index contributed by atoms with van der Waals surface area (Å²) >= 11 is 0. The van der Waals surface area contributed by atoms with Gasteiger partial charge in [0, 0.05) is 37.2 Å². The number of aryl methyl sites for hydroxylation is 1. The highest BCUT2D eigenvalue weighted by Gasteiger charge is 2.55. The average Bonchev–Trinajstić information content (AvgIpc) is 3.07. The number of methoxy groups -OCH3 is 1. The number of amides is 3. The van der Waals surface area contributed by atoms with Gasteiger partial charge in [0.25, 0.3) is 5.91 Å². The number of rotatable bonds is 7. The maximum atomic E-state index is 13.1. The maximum Gasteiger partial charge on any atom is 0.325 e. The average molecular weight is 389 g/mol. The lowest BCUT2D eigenvalue weighted by molar-refractivity contribution is -0.133. The smallest absolute Gasteiger partial charge is 0.325 e. The van der Waals surface area contributed by atoms with Crippen molar-refractivity contribution in [3.63, 3.8) is 0 Å². The van der Waals surface area contributed by atoms with Gasteiger partial charge in [-0.1, -0.05) is 19.8 Å². The first-order valence-electron chi connectivity index (χ1n) is 10.1. The summed E-state index contributed by atoms with van der Waals surface area (Å²) in [6.45, 7) is 7.09. The second-order valence-corrected chi connectivity index (χ2v) is 8.15. The van der Waals surface area contributed by atoms with Crippen LogP contribution < -0.4 is 5.32 Å². The summed E-state index contributed by atoms with van der Waals surface area (Å²) in [4.78, 5) is 39.7. The van der Waals surface area contributed by atoms with Gasteiger partial charge in [-0.05, 0) is 45.1 Å². The molecule has 1 saturated carbocycles. The molecule has 1 spiro atoms. The molecule has 0 aromatic carbocycles.